The minimum atomic E-state index is -0.942. The molecule has 0 fully saturated rings. The molecule has 20 heavy (non-hydrogen) atoms. The van der Waals surface area contributed by atoms with Gasteiger partial charge >= 0.3 is 5.97 Å². The van der Waals surface area contributed by atoms with Gasteiger partial charge in [0, 0.05) is 0 Å². The van der Waals surface area contributed by atoms with Crippen LogP contribution in [-0.4, -0.2) is 17.7 Å². The molecular weight excluding hydrogens is 252 g/mol. The topological polar surface area (TPSA) is 46.5 Å². The maximum Gasteiger partial charge on any atom is 0.341 e. The number of ether oxygens (including phenoxy) is 1. The van der Waals surface area contributed by atoms with Gasteiger partial charge in [0.05, 0.1) is 0 Å². The summed E-state index contributed by atoms with van der Waals surface area (Å²) in [5, 5.41) is 8.85. The molecule has 0 bridgehead atoms. The fourth-order valence-corrected chi connectivity index (χ4v) is 2.19. The normalized spacial score (nSPS) is 11.4. The summed E-state index contributed by atoms with van der Waals surface area (Å²) >= 11 is 0. The lowest BCUT2D eigenvalue weighted by Crippen LogP contribution is -2.13. The minimum absolute atomic E-state index is 0.291. The molecule has 0 saturated heterocycles. The van der Waals surface area contributed by atoms with Crippen LogP contribution < -0.4 is 4.74 Å². The van der Waals surface area contributed by atoms with Gasteiger partial charge in [-0.25, -0.2) is 4.79 Å². The van der Waals surface area contributed by atoms with E-state index in [-0.39, 0.29) is 6.61 Å². The van der Waals surface area contributed by atoms with E-state index in [1.807, 2.05) is 0 Å². The molecule has 1 N–H and O–H groups in total. The van der Waals surface area contributed by atoms with E-state index in [0.29, 0.717) is 17.8 Å². The van der Waals surface area contributed by atoms with E-state index in [9.17, 15) is 4.79 Å². The number of carboxylic acid groups (broad SMARTS) is 1. The Kier molecular flexibility index (Phi) is 5.61. The molecule has 3 heteroatoms. The summed E-state index contributed by atoms with van der Waals surface area (Å²) in [7, 11) is 0. The maximum absolute atomic E-state index is 10.8. The van der Waals surface area contributed by atoms with Gasteiger partial charge in [-0.15, -0.1) is 0 Å². The van der Waals surface area contributed by atoms with Crippen molar-refractivity contribution in [3.63, 3.8) is 0 Å². The van der Waals surface area contributed by atoms with Crippen molar-refractivity contribution in [1.82, 2.24) is 0 Å². The SMILES string of the molecule is CC(C)c1cc(C(C)C)c(OCC(=O)O)c(C(C)C)c1. The molecule has 0 aliphatic rings. The Bertz CT molecular complexity index is 444. The van der Waals surface area contributed by atoms with Crippen molar-refractivity contribution in [2.24, 2.45) is 0 Å². The van der Waals surface area contributed by atoms with E-state index in [2.05, 4.69) is 53.7 Å². The first kappa shape index (κ1) is 16.5. The number of hydrogen-bond donors (Lipinski definition) is 1. The van der Waals surface area contributed by atoms with Crippen LogP contribution in [0.15, 0.2) is 12.1 Å². The quantitative estimate of drug-likeness (QED) is 0.832. The predicted molar refractivity (Wildman–Crippen MR) is 81.8 cm³/mol. The van der Waals surface area contributed by atoms with Gasteiger partial charge in [-0.3, -0.25) is 0 Å². The number of aliphatic carboxylic acids is 1. The van der Waals surface area contributed by atoms with E-state index < -0.39 is 5.97 Å². The Morgan fingerprint density at radius 3 is 1.75 bits per heavy atom. The highest BCUT2D eigenvalue weighted by Crippen LogP contribution is 2.37. The molecular formula is C17H26O3. The Labute approximate surface area is 122 Å². The van der Waals surface area contributed by atoms with Gasteiger partial charge in [-0.2, -0.15) is 0 Å². The molecule has 1 rings (SSSR count). The van der Waals surface area contributed by atoms with Crippen LogP contribution >= 0.6 is 0 Å². The van der Waals surface area contributed by atoms with Crippen molar-refractivity contribution in [2.45, 2.75) is 59.3 Å². The molecule has 0 unspecified atom stereocenters. The van der Waals surface area contributed by atoms with Crippen molar-refractivity contribution in [3.05, 3.63) is 28.8 Å². The van der Waals surface area contributed by atoms with Gasteiger partial charge in [0.2, 0.25) is 0 Å². The summed E-state index contributed by atoms with van der Waals surface area (Å²) < 4.78 is 5.59. The summed E-state index contributed by atoms with van der Waals surface area (Å²) in [6, 6.07) is 4.30. The summed E-state index contributed by atoms with van der Waals surface area (Å²) in [5.41, 5.74) is 3.47. The lowest BCUT2D eigenvalue weighted by atomic mass is 9.88. The van der Waals surface area contributed by atoms with Crippen LogP contribution in [0.3, 0.4) is 0 Å². The van der Waals surface area contributed by atoms with E-state index in [0.717, 1.165) is 16.9 Å². The highest BCUT2D eigenvalue weighted by molar-refractivity contribution is 5.68. The molecule has 0 radical (unpaired) electrons. The first-order valence-corrected chi connectivity index (χ1v) is 7.26. The lowest BCUT2D eigenvalue weighted by molar-refractivity contribution is -0.139. The van der Waals surface area contributed by atoms with Gasteiger partial charge in [-0.05, 0) is 34.4 Å². The van der Waals surface area contributed by atoms with Crippen LogP contribution in [0.2, 0.25) is 0 Å². The Morgan fingerprint density at radius 2 is 1.45 bits per heavy atom. The maximum atomic E-state index is 10.8. The second kappa shape index (κ2) is 6.78. The van der Waals surface area contributed by atoms with Crippen LogP contribution in [0, 0.1) is 0 Å². The first-order chi connectivity index (χ1) is 9.23. The fourth-order valence-electron chi connectivity index (χ4n) is 2.19. The molecule has 112 valence electrons. The zero-order chi connectivity index (χ0) is 15.4. The molecule has 0 atom stereocenters. The van der Waals surface area contributed by atoms with Crippen molar-refractivity contribution < 1.29 is 14.6 Å². The van der Waals surface area contributed by atoms with Crippen LogP contribution in [0.4, 0.5) is 0 Å². The predicted octanol–water partition coefficient (Wildman–Crippen LogP) is 4.52. The van der Waals surface area contributed by atoms with Gasteiger partial charge in [0.15, 0.2) is 6.61 Å². The van der Waals surface area contributed by atoms with Crippen LogP contribution in [-0.2, 0) is 4.79 Å². The fraction of sp³-hybridized carbons (Fsp3) is 0.588. The third-order valence-corrected chi connectivity index (χ3v) is 3.42. The van der Waals surface area contributed by atoms with Gasteiger partial charge in [-0.1, -0.05) is 53.7 Å². The lowest BCUT2D eigenvalue weighted by Gasteiger charge is -2.22. The standard InChI is InChI=1S/C17H26O3/c1-10(2)13-7-14(11(3)4)17(20-9-16(18)19)15(8-13)12(5)6/h7-8,10-12H,9H2,1-6H3,(H,18,19). The summed E-state index contributed by atoms with van der Waals surface area (Å²) in [5.74, 6) is 0.854. The number of carbonyl (C=O) groups is 1. The van der Waals surface area contributed by atoms with Crippen LogP contribution in [0.1, 0.15) is 76.0 Å². The first-order valence-electron chi connectivity index (χ1n) is 7.26. The number of benzene rings is 1. The summed E-state index contributed by atoms with van der Waals surface area (Å²) in [4.78, 5) is 10.8. The molecule has 0 amide bonds. The molecule has 0 heterocycles. The van der Waals surface area contributed by atoms with Crippen molar-refractivity contribution >= 4 is 5.97 Å². The summed E-state index contributed by atoms with van der Waals surface area (Å²) in [6.45, 7) is 12.5. The van der Waals surface area contributed by atoms with Crippen LogP contribution in [0.5, 0.6) is 5.75 Å². The third kappa shape index (κ3) is 3.99. The molecule has 1 aromatic carbocycles. The number of carboxylic acids is 1. The van der Waals surface area contributed by atoms with Crippen molar-refractivity contribution in [1.29, 1.82) is 0 Å². The zero-order valence-electron chi connectivity index (χ0n) is 13.4. The number of hydrogen-bond acceptors (Lipinski definition) is 2. The van der Waals surface area contributed by atoms with E-state index >= 15 is 0 Å². The van der Waals surface area contributed by atoms with Gasteiger partial charge < -0.3 is 9.84 Å². The van der Waals surface area contributed by atoms with Gasteiger partial charge in [0.25, 0.3) is 0 Å². The molecule has 0 aliphatic carbocycles. The molecule has 0 aliphatic heterocycles. The average molecular weight is 278 g/mol. The van der Waals surface area contributed by atoms with Crippen molar-refractivity contribution in [2.75, 3.05) is 6.61 Å². The van der Waals surface area contributed by atoms with Crippen molar-refractivity contribution in [3.8, 4) is 5.75 Å². The minimum Gasteiger partial charge on any atom is -0.481 e. The Morgan fingerprint density at radius 1 is 1.00 bits per heavy atom. The number of rotatable bonds is 6. The van der Waals surface area contributed by atoms with Crippen LogP contribution in [0.25, 0.3) is 0 Å². The summed E-state index contributed by atoms with van der Waals surface area (Å²) in [6.07, 6.45) is 0. The van der Waals surface area contributed by atoms with Gasteiger partial charge in [0.1, 0.15) is 5.75 Å². The monoisotopic (exact) mass is 278 g/mol. The second-order valence-corrected chi connectivity index (χ2v) is 6.17. The Balaban J connectivity index is 3.38. The highest BCUT2D eigenvalue weighted by atomic mass is 16.5. The molecule has 3 nitrogen and oxygen atoms in total. The second-order valence-electron chi connectivity index (χ2n) is 6.17. The third-order valence-electron chi connectivity index (χ3n) is 3.42. The largest absolute Gasteiger partial charge is 0.481 e. The Hall–Kier alpha value is -1.51. The average Bonchev–Trinajstić information content (AvgIpc) is 2.34. The van der Waals surface area contributed by atoms with E-state index in [4.69, 9.17) is 9.84 Å². The molecule has 1 aromatic rings. The smallest absolute Gasteiger partial charge is 0.341 e. The molecule has 0 spiro atoms. The highest BCUT2D eigenvalue weighted by Gasteiger charge is 2.19. The zero-order valence-corrected chi connectivity index (χ0v) is 13.4. The molecule has 0 saturated carbocycles. The van der Waals surface area contributed by atoms with E-state index in [1.165, 1.54) is 5.56 Å². The molecule has 0 aromatic heterocycles. The van der Waals surface area contributed by atoms with E-state index in [1.54, 1.807) is 0 Å².